The summed E-state index contributed by atoms with van der Waals surface area (Å²) in [7, 11) is -0.813. The number of rotatable bonds is 7. The highest BCUT2D eigenvalue weighted by Crippen LogP contribution is 2.31. The molecular weight excluding hydrogens is 236 g/mol. The molecule has 1 unspecified atom stereocenters. The molecule has 17 heavy (non-hydrogen) atoms. The van der Waals surface area contributed by atoms with Gasteiger partial charge in [0, 0.05) is 25.9 Å². The fourth-order valence-corrected chi connectivity index (χ4v) is 3.37. The topological polar surface area (TPSA) is 49.4 Å². The lowest BCUT2D eigenvalue weighted by atomic mass is 9.82. The first-order valence-electron chi connectivity index (χ1n) is 6.44. The summed E-state index contributed by atoms with van der Waals surface area (Å²) in [5, 5.41) is 3.43. The third kappa shape index (κ3) is 5.36. The average Bonchev–Trinajstić information content (AvgIpc) is 2.63. The van der Waals surface area contributed by atoms with Gasteiger partial charge >= 0.3 is 0 Å². The van der Waals surface area contributed by atoms with Crippen LogP contribution >= 0.6 is 0 Å². The summed E-state index contributed by atoms with van der Waals surface area (Å²) in [5.74, 6) is 0.263. The summed E-state index contributed by atoms with van der Waals surface area (Å²) in [6, 6.07) is 0. The molecule has 1 atom stereocenters. The molecule has 0 aromatic rings. The van der Waals surface area contributed by atoms with Gasteiger partial charge < -0.3 is 10.2 Å². The Morgan fingerprint density at radius 3 is 2.59 bits per heavy atom. The second-order valence-corrected chi connectivity index (χ2v) is 7.80. The van der Waals surface area contributed by atoms with Crippen molar-refractivity contribution in [2.45, 2.75) is 26.2 Å². The zero-order chi connectivity index (χ0) is 12.9. The van der Waals surface area contributed by atoms with E-state index in [1.807, 2.05) is 7.05 Å². The van der Waals surface area contributed by atoms with Crippen molar-refractivity contribution in [3.05, 3.63) is 0 Å². The maximum absolute atomic E-state index is 11.1. The summed E-state index contributed by atoms with van der Waals surface area (Å²) >= 11 is 0. The van der Waals surface area contributed by atoms with Gasteiger partial charge in [-0.15, -0.1) is 0 Å². The quantitative estimate of drug-likeness (QED) is 0.735. The zero-order valence-corrected chi connectivity index (χ0v) is 12.1. The largest absolute Gasteiger partial charge is 0.316 e. The lowest BCUT2D eigenvalue weighted by Gasteiger charge is -2.32. The molecular formula is C12H26N2O2S. The van der Waals surface area contributed by atoms with Crippen molar-refractivity contribution in [3.63, 3.8) is 0 Å². The van der Waals surface area contributed by atoms with Crippen LogP contribution < -0.4 is 5.32 Å². The van der Waals surface area contributed by atoms with Crippen molar-refractivity contribution >= 4 is 9.84 Å². The van der Waals surface area contributed by atoms with Crippen LogP contribution in [0.15, 0.2) is 0 Å². The first-order valence-corrected chi connectivity index (χ1v) is 8.50. The summed E-state index contributed by atoms with van der Waals surface area (Å²) in [6.07, 6.45) is 4.94. The fourth-order valence-electron chi connectivity index (χ4n) is 2.73. The minimum Gasteiger partial charge on any atom is -0.316 e. The van der Waals surface area contributed by atoms with Crippen LogP contribution in [0, 0.1) is 5.41 Å². The molecule has 1 aliphatic heterocycles. The molecule has 0 aromatic heterocycles. The normalized spacial score (nSPS) is 25.6. The number of nitrogens with zero attached hydrogens (tertiary/aromatic N) is 1. The van der Waals surface area contributed by atoms with Gasteiger partial charge in [0.25, 0.3) is 0 Å². The van der Waals surface area contributed by atoms with E-state index in [0.717, 1.165) is 19.6 Å². The van der Waals surface area contributed by atoms with Gasteiger partial charge in [-0.2, -0.15) is 0 Å². The van der Waals surface area contributed by atoms with E-state index in [1.165, 1.54) is 25.5 Å². The van der Waals surface area contributed by atoms with Crippen molar-refractivity contribution in [3.8, 4) is 0 Å². The Kier molecular flexibility index (Phi) is 5.41. The van der Waals surface area contributed by atoms with Gasteiger partial charge in [0.2, 0.25) is 0 Å². The summed E-state index contributed by atoms with van der Waals surface area (Å²) in [6.45, 7) is 6.04. The Morgan fingerprint density at radius 1 is 1.41 bits per heavy atom. The molecule has 4 nitrogen and oxygen atoms in total. The SMILES string of the molecule is CCCC1(CN(C)CCS(C)(=O)=O)CCNC1. The Hall–Kier alpha value is -0.130. The molecule has 5 heteroatoms. The van der Waals surface area contributed by atoms with Crippen LogP contribution in [0.2, 0.25) is 0 Å². The molecule has 1 rings (SSSR count). The molecule has 0 amide bonds. The maximum atomic E-state index is 11.1. The van der Waals surface area contributed by atoms with Gasteiger partial charge in [0.15, 0.2) is 0 Å². The smallest absolute Gasteiger partial charge is 0.148 e. The second-order valence-electron chi connectivity index (χ2n) is 5.54. The minimum atomic E-state index is -2.84. The van der Waals surface area contributed by atoms with Crippen molar-refractivity contribution in [2.24, 2.45) is 5.41 Å². The van der Waals surface area contributed by atoms with Crippen LogP contribution in [-0.2, 0) is 9.84 Å². The van der Waals surface area contributed by atoms with Crippen LogP contribution in [0.25, 0.3) is 0 Å². The van der Waals surface area contributed by atoms with E-state index < -0.39 is 9.84 Å². The molecule has 102 valence electrons. The molecule has 1 heterocycles. The van der Waals surface area contributed by atoms with E-state index in [-0.39, 0.29) is 5.75 Å². The number of hydrogen-bond donors (Lipinski definition) is 1. The molecule has 1 saturated heterocycles. The molecule has 0 aromatic carbocycles. The molecule has 0 aliphatic carbocycles. The number of hydrogen-bond acceptors (Lipinski definition) is 4. The Morgan fingerprint density at radius 2 is 2.12 bits per heavy atom. The van der Waals surface area contributed by atoms with E-state index in [2.05, 4.69) is 17.1 Å². The Labute approximate surface area is 106 Å². The van der Waals surface area contributed by atoms with Crippen LogP contribution in [0.3, 0.4) is 0 Å². The van der Waals surface area contributed by atoms with Crippen molar-refractivity contribution in [1.82, 2.24) is 10.2 Å². The predicted octanol–water partition coefficient (Wildman–Crippen LogP) is 0.743. The fraction of sp³-hybridized carbons (Fsp3) is 1.00. The van der Waals surface area contributed by atoms with Gasteiger partial charge in [-0.3, -0.25) is 0 Å². The summed E-state index contributed by atoms with van der Waals surface area (Å²) < 4.78 is 22.3. The van der Waals surface area contributed by atoms with Gasteiger partial charge in [-0.25, -0.2) is 8.42 Å². The summed E-state index contributed by atoms with van der Waals surface area (Å²) in [4.78, 5) is 2.17. The highest BCUT2D eigenvalue weighted by atomic mass is 32.2. The van der Waals surface area contributed by atoms with E-state index >= 15 is 0 Å². The zero-order valence-electron chi connectivity index (χ0n) is 11.3. The van der Waals surface area contributed by atoms with Crippen LogP contribution in [0.1, 0.15) is 26.2 Å². The van der Waals surface area contributed by atoms with Crippen LogP contribution in [0.5, 0.6) is 0 Å². The molecule has 0 saturated carbocycles. The van der Waals surface area contributed by atoms with Crippen LogP contribution in [-0.4, -0.2) is 58.6 Å². The number of sulfone groups is 1. The standard InChI is InChI=1S/C12H26N2O2S/c1-4-5-12(6-7-13-10-12)11-14(2)8-9-17(3,15)16/h13H,4-11H2,1-3H3. The van der Waals surface area contributed by atoms with Gasteiger partial charge in [0.05, 0.1) is 5.75 Å². The molecule has 0 spiro atoms. The second kappa shape index (κ2) is 6.16. The molecule has 1 fully saturated rings. The van der Waals surface area contributed by atoms with Crippen molar-refractivity contribution in [2.75, 3.05) is 45.2 Å². The average molecular weight is 262 g/mol. The third-order valence-electron chi connectivity index (χ3n) is 3.56. The molecule has 0 radical (unpaired) electrons. The lowest BCUT2D eigenvalue weighted by molar-refractivity contribution is 0.184. The first-order chi connectivity index (χ1) is 7.87. The minimum absolute atomic E-state index is 0.263. The summed E-state index contributed by atoms with van der Waals surface area (Å²) in [5.41, 5.74) is 0.362. The molecule has 0 bridgehead atoms. The lowest BCUT2D eigenvalue weighted by Crippen LogP contribution is -2.39. The van der Waals surface area contributed by atoms with E-state index in [9.17, 15) is 8.42 Å². The highest BCUT2D eigenvalue weighted by Gasteiger charge is 2.33. The van der Waals surface area contributed by atoms with Gasteiger partial charge in [-0.1, -0.05) is 13.3 Å². The van der Waals surface area contributed by atoms with Crippen LogP contribution in [0.4, 0.5) is 0 Å². The molecule has 1 N–H and O–H groups in total. The van der Waals surface area contributed by atoms with Gasteiger partial charge in [0.1, 0.15) is 9.84 Å². The van der Waals surface area contributed by atoms with Crippen molar-refractivity contribution in [1.29, 1.82) is 0 Å². The third-order valence-corrected chi connectivity index (χ3v) is 4.49. The Bertz CT molecular complexity index is 321. The maximum Gasteiger partial charge on any atom is 0.148 e. The van der Waals surface area contributed by atoms with E-state index in [1.54, 1.807) is 0 Å². The first kappa shape index (κ1) is 14.9. The Balaban J connectivity index is 2.44. The van der Waals surface area contributed by atoms with E-state index in [0.29, 0.717) is 12.0 Å². The molecule has 1 aliphatic rings. The predicted molar refractivity (Wildman–Crippen MR) is 72.0 cm³/mol. The monoisotopic (exact) mass is 262 g/mol. The number of nitrogens with one attached hydrogen (secondary N) is 1. The van der Waals surface area contributed by atoms with Crippen molar-refractivity contribution < 1.29 is 8.42 Å². The van der Waals surface area contributed by atoms with Gasteiger partial charge in [-0.05, 0) is 31.8 Å². The van der Waals surface area contributed by atoms with E-state index in [4.69, 9.17) is 0 Å². The highest BCUT2D eigenvalue weighted by molar-refractivity contribution is 7.90.